The minimum atomic E-state index is -1.55. The van der Waals surface area contributed by atoms with Crippen molar-refractivity contribution < 1.29 is 28.6 Å². The molecule has 0 aromatic heterocycles. The minimum Gasteiger partial charge on any atom is -0.450 e. The van der Waals surface area contributed by atoms with Crippen molar-refractivity contribution in [1.82, 2.24) is 0 Å². The number of allylic oxidation sites excluding steroid dienone is 5. The van der Waals surface area contributed by atoms with Gasteiger partial charge >= 0.3 is 5.97 Å². The van der Waals surface area contributed by atoms with Crippen LogP contribution in [0.3, 0.4) is 0 Å². The van der Waals surface area contributed by atoms with Gasteiger partial charge in [0.05, 0.1) is 6.10 Å². The Balaban J connectivity index is 1.84. The van der Waals surface area contributed by atoms with Crippen LogP contribution in [0.25, 0.3) is 0 Å². The van der Waals surface area contributed by atoms with Crippen LogP contribution in [0.15, 0.2) is 34.9 Å². The Bertz CT molecular complexity index is 915. The Morgan fingerprint density at radius 2 is 2.03 bits per heavy atom. The number of Topliss-reactive ketones (excluding diaryl/α,β-unsaturated/α-hetero) is 1. The van der Waals surface area contributed by atoms with E-state index in [2.05, 4.69) is 0 Å². The summed E-state index contributed by atoms with van der Waals surface area (Å²) in [6.07, 6.45) is 6.78. The second-order valence-corrected chi connectivity index (χ2v) is 9.49. The van der Waals surface area contributed by atoms with Crippen LogP contribution in [0.5, 0.6) is 0 Å². The predicted molar refractivity (Wildman–Crippen MR) is 108 cm³/mol. The number of rotatable bonds is 4. The lowest BCUT2D eigenvalue weighted by atomic mass is 9.52. The third-order valence-electron chi connectivity index (χ3n) is 8.13. The minimum absolute atomic E-state index is 0.0402. The zero-order valence-corrected chi connectivity index (χ0v) is 17.8. The van der Waals surface area contributed by atoms with Gasteiger partial charge in [-0.1, -0.05) is 31.1 Å². The summed E-state index contributed by atoms with van der Waals surface area (Å²) in [5.41, 5.74) is 0.0300. The highest BCUT2D eigenvalue weighted by atomic mass is 19.1. The number of ketones is 2. The molecule has 5 nitrogen and oxygen atoms in total. The molecule has 0 amide bonds. The van der Waals surface area contributed by atoms with Crippen molar-refractivity contribution >= 4 is 17.5 Å². The van der Waals surface area contributed by atoms with E-state index in [0.717, 1.165) is 16.7 Å². The molecule has 0 radical (unpaired) electrons. The monoisotopic (exact) mass is 416 g/mol. The van der Waals surface area contributed by atoms with Crippen LogP contribution in [0.2, 0.25) is 0 Å². The molecule has 4 rings (SSSR count). The van der Waals surface area contributed by atoms with Gasteiger partial charge < -0.3 is 9.84 Å². The van der Waals surface area contributed by atoms with Crippen molar-refractivity contribution in [2.75, 3.05) is 6.67 Å². The number of ether oxygens (including phenoxy) is 1. The Morgan fingerprint density at radius 1 is 1.30 bits per heavy atom. The van der Waals surface area contributed by atoms with Crippen LogP contribution in [0, 0.1) is 16.7 Å². The maximum atomic E-state index is 13.7. The molecule has 0 spiro atoms. The van der Waals surface area contributed by atoms with Gasteiger partial charge in [-0.25, -0.2) is 4.39 Å². The number of alkyl halides is 1. The summed E-state index contributed by atoms with van der Waals surface area (Å²) in [6, 6.07) is 0. The molecule has 162 valence electrons. The maximum Gasteiger partial charge on any atom is 0.306 e. The smallest absolute Gasteiger partial charge is 0.306 e. The normalized spacial score (nSPS) is 39.8. The number of aliphatic hydroxyl groups is 1. The summed E-state index contributed by atoms with van der Waals surface area (Å²) in [6.45, 7) is 4.33. The van der Waals surface area contributed by atoms with Crippen molar-refractivity contribution in [3.05, 3.63) is 34.9 Å². The van der Waals surface area contributed by atoms with E-state index in [1.807, 2.05) is 19.9 Å². The lowest BCUT2D eigenvalue weighted by Crippen LogP contribution is -2.58. The largest absolute Gasteiger partial charge is 0.450 e. The molecule has 0 aromatic rings. The van der Waals surface area contributed by atoms with Crippen molar-refractivity contribution in [1.29, 1.82) is 0 Å². The van der Waals surface area contributed by atoms with E-state index in [9.17, 15) is 23.9 Å². The molecule has 1 N–H and O–H groups in total. The van der Waals surface area contributed by atoms with Crippen LogP contribution in [0.1, 0.15) is 59.3 Å². The molecule has 4 aliphatic rings. The standard InChI is InChI=1S/C24H29FO5/c1-4-20(29)30-24(19(28)13-25)10-8-17-16-6-5-14-11-15(26)7-9-22(14,2)21(16)18(27)12-23(17,24)3/h7,9,11,17-18,27H,4-6,8,10,12-13H2,1-3H3/t17-,18-,22-,23-,24-/m0/s1. The Morgan fingerprint density at radius 3 is 2.70 bits per heavy atom. The number of esters is 1. The summed E-state index contributed by atoms with van der Waals surface area (Å²) >= 11 is 0. The zero-order valence-electron chi connectivity index (χ0n) is 17.8. The number of halogens is 1. The fourth-order valence-electron chi connectivity index (χ4n) is 6.64. The third-order valence-corrected chi connectivity index (χ3v) is 8.13. The van der Waals surface area contributed by atoms with Crippen LogP contribution in [-0.2, 0) is 19.1 Å². The first-order valence-corrected chi connectivity index (χ1v) is 10.8. The van der Waals surface area contributed by atoms with Crippen molar-refractivity contribution in [2.45, 2.75) is 71.0 Å². The molecular weight excluding hydrogens is 387 g/mol. The number of hydrogen-bond acceptors (Lipinski definition) is 5. The molecule has 0 heterocycles. The zero-order chi connectivity index (χ0) is 21.9. The second-order valence-electron chi connectivity index (χ2n) is 9.49. The number of aliphatic hydroxyl groups excluding tert-OH is 1. The Kier molecular flexibility index (Phi) is 4.92. The molecule has 5 atom stereocenters. The molecule has 0 aliphatic heterocycles. The molecule has 0 saturated heterocycles. The summed E-state index contributed by atoms with van der Waals surface area (Å²) in [5, 5.41) is 11.3. The fourth-order valence-corrected chi connectivity index (χ4v) is 6.64. The first-order chi connectivity index (χ1) is 14.1. The number of fused-ring (bicyclic) bond motifs is 4. The number of carbonyl (C=O) groups excluding carboxylic acids is 3. The average molecular weight is 416 g/mol. The van der Waals surface area contributed by atoms with Gasteiger partial charge in [0.1, 0.15) is 0 Å². The number of carbonyl (C=O) groups is 3. The van der Waals surface area contributed by atoms with E-state index in [0.29, 0.717) is 19.3 Å². The van der Waals surface area contributed by atoms with E-state index in [1.54, 1.807) is 19.1 Å². The summed E-state index contributed by atoms with van der Waals surface area (Å²) in [7, 11) is 0. The summed E-state index contributed by atoms with van der Waals surface area (Å²) in [5.74, 6) is -1.36. The fraction of sp³-hybridized carbons (Fsp3) is 0.625. The molecule has 30 heavy (non-hydrogen) atoms. The van der Waals surface area contributed by atoms with Gasteiger partial charge in [-0.05, 0) is 62.7 Å². The molecule has 4 aliphatic carbocycles. The van der Waals surface area contributed by atoms with E-state index >= 15 is 0 Å². The van der Waals surface area contributed by atoms with E-state index < -0.39 is 41.0 Å². The Hall–Kier alpha value is -2.08. The lowest BCUT2D eigenvalue weighted by Gasteiger charge is -2.53. The molecule has 0 bridgehead atoms. The van der Waals surface area contributed by atoms with Gasteiger partial charge in [-0.2, -0.15) is 0 Å². The first-order valence-electron chi connectivity index (χ1n) is 10.8. The van der Waals surface area contributed by atoms with Gasteiger partial charge in [-0.15, -0.1) is 0 Å². The lowest BCUT2D eigenvalue weighted by molar-refractivity contribution is -0.184. The summed E-state index contributed by atoms with van der Waals surface area (Å²) < 4.78 is 19.4. The SMILES string of the molecule is CCC(=O)O[C@]1(C(=O)CF)CC[C@H]2C3=C([C@@H](O)C[C@@]21C)[C@@]1(C)C=CC(=O)C=C1CC3. The van der Waals surface area contributed by atoms with Crippen LogP contribution in [-0.4, -0.2) is 41.0 Å². The average Bonchev–Trinajstić information content (AvgIpc) is 3.00. The molecule has 6 heteroatoms. The highest BCUT2D eigenvalue weighted by Crippen LogP contribution is 2.65. The highest BCUT2D eigenvalue weighted by molar-refractivity contribution is 6.01. The van der Waals surface area contributed by atoms with E-state index in [4.69, 9.17) is 4.74 Å². The van der Waals surface area contributed by atoms with E-state index in [-0.39, 0.29) is 31.0 Å². The van der Waals surface area contributed by atoms with Gasteiger partial charge in [-0.3, -0.25) is 14.4 Å². The van der Waals surface area contributed by atoms with Crippen LogP contribution >= 0.6 is 0 Å². The molecule has 0 aromatic carbocycles. The van der Waals surface area contributed by atoms with Gasteiger partial charge in [0.2, 0.25) is 5.78 Å². The molecular formula is C24H29FO5. The van der Waals surface area contributed by atoms with Gasteiger partial charge in [0.15, 0.2) is 18.1 Å². The van der Waals surface area contributed by atoms with Crippen molar-refractivity contribution in [3.8, 4) is 0 Å². The van der Waals surface area contributed by atoms with Crippen molar-refractivity contribution in [3.63, 3.8) is 0 Å². The second kappa shape index (κ2) is 6.98. The van der Waals surface area contributed by atoms with Crippen LogP contribution < -0.4 is 0 Å². The van der Waals surface area contributed by atoms with Gasteiger partial charge in [0, 0.05) is 17.3 Å². The maximum absolute atomic E-state index is 13.7. The summed E-state index contributed by atoms with van der Waals surface area (Å²) in [4.78, 5) is 37.0. The Labute approximate surface area is 176 Å². The van der Waals surface area contributed by atoms with E-state index in [1.165, 1.54) is 0 Å². The van der Waals surface area contributed by atoms with Crippen molar-refractivity contribution in [2.24, 2.45) is 16.7 Å². The molecule has 1 fully saturated rings. The van der Waals surface area contributed by atoms with Crippen LogP contribution in [0.4, 0.5) is 4.39 Å². The third kappa shape index (κ3) is 2.65. The topological polar surface area (TPSA) is 80.7 Å². The first kappa shape index (κ1) is 21.2. The highest BCUT2D eigenvalue weighted by Gasteiger charge is 2.67. The molecule has 1 saturated carbocycles. The molecule has 0 unspecified atom stereocenters. The van der Waals surface area contributed by atoms with Gasteiger partial charge in [0.25, 0.3) is 0 Å². The quantitative estimate of drug-likeness (QED) is 0.560. The predicted octanol–water partition coefficient (Wildman–Crippen LogP) is 3.56. The number of hydrogen-bond donors (Lipinski definition) is 1.